The molecule has 3 rings (SSSR count). The van der Waals surface area contributed by atoms with Gasteiger partial charge >= 0.3 is 5.97 Å². The third-order valence-electron chi connectivity index (χ3n) is 4.43. The number of thioether (sulfide) groups is 1. The third-order valence-corrected chi connectivity index (χ3v) is 5.76. The van der Waals surface area contributed by atoms with Gasteiger partial charge in [-0.15, -0.1) is 0 Å². The van der Waals surface area contributed by atoms with E-state index in [4.69, 9.17) is 16.3 Å². The number of aromatic amines is 1. The van der Waals surface area contributed by atoms with Gasteiger partial charge in [-0.05, 0) is 44.9 Å². The second-order valence-corrected chi connectivity index (χ2v) is 8.60. The summed E-state index contributed by atoms with van der Waals surface area (Å²) in [6.07, 6.45) is 0.690. The van der Waals surface area contributed by atoms with Crippen molar-refractivity contribution in [1.82, 2.24) is 9.97 Å². The number of nitrogens with zero attached hydrogens (tertiary/aromatic N) is 1. The van der Waals surface area contributed by atoms with Crippen LogP contribution in [0.1, 0.15) is 51.2 Å². The first-order valence-corrected chi connectivity index (χ1v) is 10.9. The molecule has 1 aromatic carbocycles. The van der Waals surface area contributed by atoms with Crippen LogP contribution in [-0.2, 0) is 9.53 Å². The van der Waals surface area contributed by atoms with E-state index in [1.165, 1.54) is 11.8 Å². The first-order valence-electron chi connectivity index (χ1n) is 9.53. The summed E-state index contributed by atoms with van der Waals surface area (Å²) < 4.78 is 5.47. The zero-order valence-corrected chi connectivity index (χ0v) is 18.4. The largest absolute Gasteiger partial charge is 0.460 e. The Balaban J connectivity index is 2.17. The molecular weight excluding hydrogens is 410 g/mol. The number of aromatic nitrogens is 2. The molecule has 0 amide bonds. The van der Waals surface area contributed by atoms with E-state index in [0.29, 0.717) is 32.8 Å². The molecule has 154 valence electrons. The number of hydrogen-bond acceptors (Lipinski definition) is 6. The van der Waals surface area contributed by atoms with Gasteiger partial charge in [0, 0.05) is 16.5 Å². The van der Waals surface area contributed by atoms with Crippen molar-refractivity contribution >= 4 is 35.1 Å². The quantitative estimate of drug-likeness (QED) is 0.390. The van der Waals surface area contributed by atoms with Gasteiger partial charge in [-0.1, -0.05) is 42.4 Å². The lowest BCUT2D eigenvalue weighted by Gasteiger charge is -2.29. The number of H-pyrrole nitrogens is 1. The number of fused-ring (bicyclic) bond motifs is 1. The Hall–Kier alpha value is -2.25. The summed E-state index contributed by atoms with van der Waals surface area (Å²) in [6, 6.07) is 7.12. The highest BCUT2D eigenvalue weighted by Gasteiger charge is 2.36. The number of esters is 1. The average Bonchev–Trinajstić information content (AvgIpc) is 2.65. The molecule has 6 nitrogen and oxygen atoms in total. The maximum atomic E-state index is 13.0. The highest BCUT2D eigenvalue weighted by Crippen LogP contribution is 2.40. The van der Waals surface area contributed by atoms with Gasteiger partial charge in [0.25, 0.3) is 5.56 Å². The van der Waals surface area contributed by atoms with E-state index in [9.17, 15) is 9.59 Å². The number of hydrogen-bond donors (Lipinski definition) is 2. The van der Waals surface area contributed by atoms with E-state index < -0.39 is 11.9 Å². The zero-order valence-electron chi connectivity index (χ0n) is 16.8. The Labute approximate surface area is 179 Å². The summed E-state index contributed by atoms with van der Waals surface area (Å²) in [7, 11) is 0. The maximum Gasteiger partial charge on any atom is 0.337 e. The Kier molecular flexibility index (Phi) is 6.70. The average molecular weight is 434 g/mol. The Morgan fingerprint density at radius 1 is 1.31 bits per heavy atom. The maximum absolute atomic E-state index is 13.0. The minimum absolute atomic E-state index is 0.275. The lowest BCUT2D eigenvalue weighted by atomic mass is 9.82. The second-order valence-electron chi connectivity index (χ2n) is 7.08. The number of rotatable bonds is 6. The molecule has 8 heteroatoms. The summed E-state index contributed by atoms with van der Waals surface area (Å²) in [5, 5.41) is 4.27. The van der Waals surface area contributed by atoms with Crippen LogP contribution in [0.15, 0.2) is 45.5 Å². The van der Waals surface area contributed by atoms with Crippen LogP contribution >= 0.6 is 23.4 Å². The molecule has 1 aromatic heterocycles. The normalized spacial score (nSPS) is 15.9. The summed E-state index contributed by atoms with van der Waals surface area (Å²) in [5.74, 6) is 0.255. The number of carbonyl (C=O) groups excluding carboxylic acids is 1. The van der Waals surface area contributed by atoms with Gasteiger partial charge in [-0.25, -0.2) is 9.78 Å². The van der Waals surface area contributed by atoms with E-state index in [2.05, 4.69) is 22.2 Å². The van der Waals surface area contributed by atoms with E-state index in [1.54, 1.807) is 32.9 Å². The molecule has 0 aliphatic carbocycles. The molecule has 0 radical (unpaired) electrons. The van der Waals surface area contributed by atoms with Crippen LogP contribution in [-0.4, -0.2) is 27.8 Å². The van der Waals surface area contributed by atoms with Crippen molar-refractivity contribution in [2.75, 3.05) is 11.1 Å². The van der Waals surface area contributed by atoms with E-state index in [0.717, 1.165) is 17.7 Å². The molecule has 29 heavy (non-hydrogen) atoms. The fourth-order valence-electron chi connectivity index (χ4n) is 3.23. The predicted octanol–water partition coefficient (Wildman–Crippen LogP) is 4.71. The molecular formula is C21H24ClN3O3S. The number of carbonyl (C=O) groups is 1. The van der Waals surface area contributed by atoms with Crippen molar-refractivity contribution in [3.05, 3.63) is 62.0 Å². The second kappa shape index (κ2) is 9.05. The van der Waals surface area contributed by atoms with Crippen molar-refractivity contribution in [1.29, 1.82) is 0 Å². The fraction of sp³-hybridized carbons (Fsp3) is 0.381. The number of allylic oxidation sites excluding steroid dienone is 1. The molecule has 1 aliphatic heterocycles. The number of nitrogens with one attached hydrogen (secondary N) is 2. The topological polar surface area (TPSA) is 84.1 Å². The van der Waals surface area contributed by atoms with Gasteiger partial charge < -0.3 is 15.0 Å². The molecule has 1 aliphatic rings. The summed E-state index contributed by atoms with van der Waals surface area (Å²) in [5.41, 5.74) is 1.91. The fourth-order valence-corrected chi connectivity index (χ4v) is 4.08. The third kappa shape index (κ3) is 4.67. The van der Waals surface area contributed by atoms with Gasteiger partial charge in [0.15, 0.2) is 5.16 Å². The van der Waals surface area contributed by atoms with Gasteiger partial charge in [-0.2, -0.15) is 0 Å². The Morgan fingerprint density at radius 3 is 2.62 bits per heavy atom. The molecule has 0 spiro atoms. The van der Waals surface area contributed by atoms with Gasteiger partial charge in [0.1, 0.15) is 5.82 Å². The predicted molar refractivity (Wildman–Crippen MR) is 117 cm³/mol. The molecule has 1 atom stereocenters. The summed E-state index contributed by atoms with van der Waals surface area (Å²) in [6.45, 7) is 7.45. The van der Waals surface area contributed by atoms with Crippen LogP contribution in [0.25, 0.3) is 0 Å². The SMILES string of the molecule is CCCSc1nc2c(c(=O)[nH]1)C(c1ccc(Cl)cc1)C(C(=O)OC(C)C)=C(C)N2. The minimum Gasteiger partial charge on any atom is -0.460 e. The van der Waals surface area contributed by atoms with Crippen LogP contribution in [0, 0.1) is 0 Å². The van der Waals surface area contributed by atoms with Crippen LogP contribution in [0.2, 0.25) is 5.02 Å². The lowest BCUT2D eigenvalue weighted by molar-refractivity contribution is -0.143. The molecule has 2 aromatic rings. The molecule has 0 bridgehead atoms. The van der Waals surface area contributed by atoms with E-state index in [1.807, 2.05) is 12.1 Å². The van der Waals surface area contributed by atoms with Crippen molar-refractivity contribution in [3.63, 3.8) is 0 Å². The van der Waals surface area contributed by atoms with E-state index >= 15 is 0 Å². The highest BCUT2D eigenvalue weighted by molar-refractivity contribution is 7.99. The van der Waals surface area contributed by atoms with Crippen LogP contribution in [0.5, 0.6) is 0 Å². The summed E-state index contributed by atoms with van der Waals surface area (Å²) in [4.78, 5) is 33.4. The number of benzene rings is 1. The molecule has 1 unspecified atom stereocenters. The standard InChI is InChI=1S/C21H24ClN3O3S/c1-5-10-29-21-24-18-17(19(26)25-21)16(13-6-8-14(22)9-7-13)15(12(4)23-18)20(27)28-11(2)3/h6-9,11,16H,5,10H2,1-4H3,(H2,23,24,25,26). The van der Waals surface area contributed by atoms with E-state index in [-0.39, 0.29) is 11.7 Å². The monoisotopic (exact) mass is 433 g/mol. The Bertz CT molecular complexity index is 999. The molecule has 2 heterocycles. The highest BCUT2D eigenvalue weighted by atomic mass is 35.5. The van der Waals surface area contributed by atoms with Crippen LogP contribution < -0.4 is 10.9 Å². The number of halogens is 1. The molecule has 0 fully saturated rings. The molecule has 0 saturated heterocycles. The lowest BCUT2D eigenvalue weighted by Crippen LogP contribution is -2.31. The number of ether oxygens (including phenoxy) is 1. The molecule has 0 saturated carbocycles. The smallest absolute Gasteiger partial charge is 0.337 e. The summed E-state index contributed by atoms with van der Waals surface area (Å²) >= 11 is 7.54. The van der Waals surface area contributed by atoms with Gasteiger partial charge in [0.2, 0.25) is 0 Å². The van der Waals surface area contributed by atoms with Crippen molar-refractivity contribution in [2.24, 2.45) is 0 Å². The van der Waals surface area contributed by atoms with Gasteiger partial charge in [-0.3, -0.25) is 4.79 Å². The van der Waals surface area contributed by atoms with Crippen molar-refractivity contribution in [2.45, 2.75) is 51.3 Å². The Morgan fingerprint density at radius 2 is 2.00 bits per heavy atom. The first kappa shape index (κ1) is 21.5. The van der Waals surface area contributed by atoms with Crippen LogP contribution in [0.3, 0.4) is 0 Å². The number of anilines is 1. The van der Waals surface area contributed by atoms with Crippen molar-refractivity contribution in [3.8, 4) is 0 Å². The van der Waals surface area contributed by atoms with Crippen LogP contribution in [0.4, 0.5) is 5.82 Å². The van der Waals surface area contributed by atoms with Gasteiger partial charge in [0.05, 0.1) is 23.2 Å². The molecule has 2 N–H and O–H groups in total. The first-order chi connectivity index (χ1) is 13.8. The minimum atomic E-state index is -0.601. The van der Waals surface area contributed by atoms with Crippen molar-refractivity contribution < 1.29 is 9.53 Å². The zero-order chi connectivity index (χ0) is 21.1.